The number of benzene rings is 1. The fourth-order valence-electron chi connectivity index (χ4n) is 4.52. The van der Waals surface area contributed by atoms with Crippen LogP contribution in [0.5, 0.6) is 0 Å². The van der Waals surface area contributed by atoms with Crippen LogP contribution in [0.1, 0.15) is 44.7 Å². The van der Waals surface area contributed by atoms with Crippen LogP contribution in [0.4, 0.5) is 4.39 Å². The Morgan fingerprint density at radius 1 is 1.20 bits per heavy atom. The molecule has 2 fully saturated rings. The number of amides is 2. The summed E-state index contributed by atoms with van der Waals surface area (Å²) < 4.78 is 13.7. The highest BCUT2D eigenvalue weighted by Crippen LogP contribution is 2.38. The standard InChI is InChI=1S/C20H27FN2O2/c1-13-9-14(2)12-23(11-13)20(25)17-7-8-18(24)22(3)19(17)15-5-4-6-16(21)10-15/h4-6,10,13-14,17,19H,7-9,11-12H2,1-3H3/t13-,14+,17-,19+/m0/s1. The van der Waals surface area contributed by atoms with Crippen molar-refractivity contribution < 1.29 is 14.0 Å². The summed E-state index contributed by atoms with van der Waals surface area (Å²) in [7, 11) is 1.72. The molecule has 4 nitrogen and oxygen atoms in total. The van der Waals surface area contributed by atoms with Gasteiger partial charge in [-0.25, -0.2) is 4.39 Å². The summed E-state index contributed by atoms with van der Waals surface area (Å²) in [6.45, 7) is 5.90. The van der Waals surface area contributed by atoms with Gasteiger partial charge in [0.05, 0.1) is 12.0 Å². The number of hydrogen-bond acceptors (Lipinski definition) is 2. The van der Waals surface area contributed by atoms with Gasteiger partial charge in [0.1, 0.15) is 5.82 Å². The molecule has 0 N–H and O–H groups in total. The third-order valence-electron chi connectivity index (χ3n) is 5.55. The molecule has 3 rings (SSSR count). The van der Waals surface area contributed by atoms with Crippen LogP contribution < -0.4 is 0 Å². The second-order valence-electron chi connectivity index (χ2n) is 7.84. The van der Waals surface area contributed by atoms with Crippen LogP contribution in [-0.2, 0) is 9.59 Å². The molecule has 0 radical (unpaired) electrons. The SMILES string of the molecule is C[C@@H]1C[C@H](C)CN(C(=O)[C@H]2CCC(=O)N(C)[C@@H]2c2cccc(F)c2)C1. The van der Waals surface area contributed by atoms with Crippen molar-refractivity contribution in [2.24, 2.45) is 17.8 Å². The van der Waals surface area contributed by atoms with Crippen LogP contribution in [0.2, 0.25) is 0 Å². The van der Waals surface area contributed by atoms with E-state index in [0.717, 1.165) is 19.5 Å². The first-order chi connectivity index (χ1) is 11.9. The summed E-state index contributed by atoms with van der Waals surface area (Å²) in [5.74, 6) is 0.453. The molecule has 0 unspecified atom stereocenters. The number of piperidine rings is 2. The van der Waals surface area contributed by atoms with Crippen LogP contribution >= 0.6 is 0 Å². The summed E-state index contributed by atoms with van der Waals surface area (Å²) in [4.78, 5) is 29.1. The Bertz CT molecular complexity index is 653. The average molecular weight is 346 g/mol. The monoisotopic (exact) mass is 346 g/mol. The van der Waals surface area contributed by atoms with E-state index < -0.39 is 6.04 Å². The van der Waals surface area contributed by atoms with Crippen molar-refractivity contribution in [1.82, 2.24) is 9.80 Å². The lowest BCUT2D eigenvalue weighted by Gasteiger charge is -2.43. The smallest absolute Gasteiger partial charge is 0.228 e. The second-order valence-corrected chi connectivity index (χ2v) is 7.84. The maximum Gasteiger partial charge on any atom is 0.228 e. The van der Waals surface area contributed by atoms with Gasteiger partial charge >= 0.3 is 0 Å². The number of nitrogens with zero attached hydrogens (tertiary/aromatic N) is 2. The van der Waals surface area contributed by atoms with Crippen LogP contribution in [0.3, 0.4) is 0 Å². The van der Waals surface area contributed by atoms with Gasteiger partial charge < -0.3 is 9.80 Å². The van der Waals surface area contributed by atoms with E-state index in [-0.39, 0.29) is 23.5 Å². The maximum absolute atomic E-state index is 13.7. The van der Waals surface area contributed by atoms with Gasteiger partial charge in [0.15, 0.2) is 0 Å². The predicted molar refractivity (Wildman–Crippen MR) is 94.2 cm³/mol. The Hall–Kier alpha value is -1.91. The Morgan fingerprint density at radius 3 is 2.52 bits per heavy atom. The third kappa shape index (κ3) is 3.70. The molecule has 2 aliphatic heterocycles. The average Bonchev–Trinajstić information content (AvgIpc) is 2.55. The summed E-state index contributed by atoms with van der Waals surface area (Å²) >= 11 is 0. The lowest BCUT2D eigenvalue weighted by atomic mass is 9.82. The Labute approximate surface area is 149 Å². The quantitative estimate of drug-likeness (QED) is 0.825. The summed E-state index contributed by atoms with van der Waals surface area (Å²) in [6, 6.07) is 5.90. The van der Waals surface area contributed by atoms with E-state index >= 15 is 0 Å². The van der Waals surface area contributed by atoms with Crippen LogP contribution in [0.15, 0.2) is 24.3 Å². The Morgan fingerprint density at radius 2 is 1.88 bits per heavy atom. The van der Waals surface area contributed by atoms with Gasteiger partial charge in [-0.2, -0.15) is 0 Å². The first kappa shape index (κ1) is 17.9. The van der Waals surface area contributed by atoms with E-state index in [9.17, 15) is 14.0 Å². The van der Waals surface area contributed by atoms with Gasteiger partial charge in [-0.15, -0.1) is 0 Å². The third-order valence-corrected chi connectivity index (χ3v) is 5.55. The van der Waals surface area contributed by atoms with Gasteiger partial charge in [0.25, 0.3) is 0 Å². The number of carbonyl (C=O) groups is 2. The van der Waals surface area contributed by atoms with E-state index in [1.807, 2.05) is 11.0 Å². The fraction of sp³-hybridized carbons (Fsp3) is 0.600. The molecule has 1 aromatic rings. The second kappa shape index (κ2) is 7.14. The predicted octanol–water partition coefficient (Wildman–Crippen LogP) is 3.24. The molecule has 0 saturated carbocycles. The van der Waals surface area contributed by atoms with Crippen molar-refractivity contribution in [3.8, 4) is 0 Å². The van der Waals surface area contributed by atoms with Gasteiger partial charge in [0, 0.05) is 26.6 Å². The molecule has 25 heavy (non-hydrogen) atoms. The molecule has 2 aliphatic rings. The van der Waals surface area contributed by atoms with Crippen molar-refractivity contribution in [3.63, 3.8) is 0 Å². The largest absolute Gasteiger partial charge is 0.342 e. The number of halogens is 1. The van der Waals surface area contributed by atoms with E-state index in [0.29, 0.717) is 30.2 Å². The normalized spacial score (nSPS) is 30.5. The fourth-order valence-corrected chi connectivity index (χ4v) is 4.52. The Kier molecular flexibility index (Phi) is 5.11. The molecule has 5 heteroatoms. The molecule has 2 amide bonds. The highest BCUT2D eigenvalue weighted by Gasteiger charge is 2.41. The van der Waals surface area contributed by atoms with Gasteiger partial charge in [0.2, 0.25) is 11.8 Å². The van der Waals surface area contributed by atoms with Crippen LogP contribution in [0, 0.1) is 23.6 Å². The van der Waals surface area contributed by atoms with Crippen molar-refractivity contribution in [1.29, 1.82) is 0 Å². The molecule has 2 heterocycles. The van der Waals surface area contributed by atoms with Crippen molar-refractivity contribution >= 4 is 11.8 Å². The Balaban J connectivity index is 1.89. The van der Waals surface area contributed by atoms with Gasteiger partial charge in [-0.05, 0) is 42.4 Å². The molecule has 0 aliphatic carbocycles. The molecule has 0 aromatic heterocycles. The first-order valence-corrected chi connectivity index (χ1v) is 9.16. The van der Waals surface area contributed by atoms with Gasteiger partial charge in [-0.1, -0.05) is 26.0 Å². The molecule has 0 spiro atoms. The van der Waals surface area contributed by atoms with E-state index in [1.165, 1.54) is 12.1 Å². The molecule has 1 aromatic carbocycles. The molecule has 4 atom stereocenters. The molecular weight excluding hydrogens is 319 g/mol. The summed E-state index contributed by atoms with van der Waals surface area (Å²) in [5.41, 5.74) is 0.701. The zero-order valence-corrected chi connectivity index (χ0v) is 15.2. The van der Waals surface area contributed by atoms with Crippen molar-refractivity contribution in [2.75, 3.05) is 20.1 Å². The van der Waals surface area contributed by atoms with Crippen molar-refractivity contribution in [2.45, 2.75) is 39.2 Å². The van der Waals surface area contributed by atoms with Crippen LogP contribution in [0.25, 0.3) is 0 Å². The van der Waals surface area contributed by atoms with Gasteiger partial charge in [-0.3, -0.25) is 9.59 Å². The summed E-state index contributed by atoms with van der Waals surface area (Å²) in [5, 5.41) is 0. The zero-order chi connectivity index (χ0) is 18.1. The first-order valence-electron chi connectivity index (χ1n) is 9.16. The number of rotatable bonds is 2. The molecule has 0 bridgehead atoms. The highest BCUT2D eigenvalue weighted by molar-refractivity contribution is 5.85. The minimum atomic E-state index is -0.392. The summed E-state index contributed by atoms with van der Waals surface area (Å²) in [6.07, 6.45) is 2.04. The lowest BCUT2D eigenvalue weighted by Crippen LogP contribution is -2.50. The minimum Gasteiger partial charge on any atom is -0.342 e. The lowest BCUT2D eigenvalue weighted by molar-refractivity contribution is -0.148. The number of hydrogen-bond donors (Lipinski definition) is 0. The number of likely N-dealkylation sites (tertiary alicyclic amines) is 2. The molecule has 136 valence electrons. The molecule has 2 saturated heterocycles. The topological polar surface area (TPSA) is 40.6 Å². The van der Waals surface area contributed by atoms with E-state index in [2.05, 4.69) is 13.8 Å². The van der Waals surface area contributed by atoms with E-state index in [4.69, 9.17) is 0 Å². The number of carbonyl (C=O) groups excluding carboxylic acids is 2. The van der Waals surface area contributed by atoms with Crippen LogP contribution in [-0.4, -0.2) is 41.8 Å². The van der Waals surface area contributed by atoms with Crippen molar-refractivity contribution in [3.05, 3.63) is 35.6 Å². The molecular formula is C20H27FN2O2. The minimum absolute atomic E-state index is 0.0127. The maximum atomic E-state index is 13.7. The van der Waals surface area contributed by atoms with E-state index in [1.54, 1.807) is 18.0 Å². The zero-order valence-electron chi connectivity index (χ0n) is 15.2. The highest BCUT2D eigenvalue weighted by atomic mass is 19.1.